The molecule has 4 nitrogen and oxygen atoms in total. The summed E-state index contributed by atoms with van der Waals surface area (Å²) in [7, 11) is -1.48. The van der Waals surface area contributed by atoms with Crippen LogP contribution in [0.5, 0.6) is 0 Å². The molecule has 1 rings (SSSR count). The second-order valence-corrected chi connectivity index (χ2v) is 6.29. The van der Waals surface area contributed by atoms with Gasteiger partial charge in [0.15, 0.2) is 0 Å². The number of halogens is 1. The van der Waals surface area contributed by atoms with Crippen LogP contribution in [-0.4, -0.2) is 33.4 Å². The van der Waals surface area contributed by atoms with Crippen molar-refractivity contribution in [3.8, 4) is 0 Å². The summed E-state index contributed by atoms with van der Waals surface area (Å²) >= 11 is 6.02. The number of nitrogens with zero attached hydrogens (tertiary/aromatic N) is 1. The van der Waals surface area contributed by atoms with Gasteiger partial charge in [0.1, 0.15) is 5.25 Å². The van der Waals surface area contributed by atoms with E-state index in [9.17, 15) is 9.00 Å². The monoisotopic (exact) mass is 302 g/mol. The summed E-state index contributed by atoms with van der Waals surface area (Å²) in [5.74, 6) is -0.128. The standard InChI is InChI=1S/C13H19ClN2O2S/c1-4-16(5-2)13(17)9(3)19(18)12-7-6-10(15)8-11(12)14/h6-9H,4-5,15H2,1-3H3. The van der Waals surface area contributed by atoms with E-state index < -0.39 is 16.0 Å². The highest BCUT2D eigenvalue weighted by atomic mass is 35.5. The van der Waals surface area contributed by atoms with E-state index >= 15 is 0 Å². The molecule has 0 aliphatic heterocycles. The zero-order chi connectivity index (χ0) is 14.6. The van der Waals surface area contributed by atoms with Crippen molar-refractivity contribution in [1.82, 2.24) is 4.90 Å². The molecular weight excluding hydrogens is 284 g/mol. The molecule has 0 fully saturated rings. The lowest BCUT2D eigenvalue weighted by atomic mass is 10.3. The third-order valence-electron chi connectivity index (χ3n) is 2.92. The van der Waals surface area contributed by atoms with Gasteiger partial charge in [0.05, 0.1) is 20.7 Å². The highest BCUT2D eigenvalue weighted by Crippen LogP contribution is 2.24. The summed E-state index contributed by atoms with van der Waals surface area (Å²) in [6.45, 7) is 6.66. The van der Waals surface area contributed by atoms with Crippen molar-refractivity contribution in [2.45, 2.75) is 30.9 Å². The molecule has 1 aromatic rings. The predicted molar refractivity (Wildman–Crippen MR) is 79.7 cm³/mol. The fourth-order valence-corrected chi connectivity index (χ4v) is 3.34. The molecular formula is C13H19ClN2O2S. The Morgan fingerprint density at radius 2 is 2.00 bits per heavy atom. The molecule has 6 heteroatoms. The fourth-order valence-electron chi connectivity index (χ4n) is 1.75. The normalized spacial score (nSPS) is 13.9. The van der Waals surface area contributed by atoms with Crippen molar-refractivity contribution in [2.75, 3.05) is 18.8 Å². The first-order valence-electron chi connectivity index (χ1n) is 6.16. The van der Waals surface area contributed by atoms with Crippen LogP contribution in [-0.2, 0) is 15.6 Å². The number of carbonyl (C=O) groups is 1. The molecule has 2 unspecified atom stereocenters. The van der Waals surface area contributed by atoms with Gasteiger partial charge in [-0.15, -0.1) is 0 Å². The molecule has 0 bridgehead atoms. The Kier molecular flexibility index (Phi) is 5.82. The topological polar surface area (TPSA) is 63.4 Å². The average Bonchev–Trinajstić information content (AvgIpc) is 2.38. The number of nitrogen functional groups attached to an aromatic ring is 1. The summed E-state index contributed by atoms with van der Waals surface area (Å²) in [5, 5.41) is -0.293. The zero-order valence-corrected chi connectivity index (χ0v) is 12.9. The smallest absolute Gasteiger partial charge is 0.238 e. The third kappa shape index (κ3) is 3.70. The van der Waals surface area contributed by atoms with Gasteiger partial charge >= 0.3 is 0 Å². The SMILES string of the molecule is CCN(CC)C(=O)C(C)S(=O)c1ccc(N)cc1Cl. The quantitative estimate of drug-likeness (QED) is 0.849. The minimum absolute atomic E-state index is 0.128. The summed E-state index contributed by atoms with van der Waals surface area (Å²) in [6, 6.07) is 4.79. The lowest BCUT2D eigenvalue weighted by molar-refractivity contribution is -0.129. The van der Waals surface area contributed by atoms with Crippen molar-refractivity contribution >= 4 is 34.0 Å². The van der Waals surface area contributed by atoms with E-state index in [-0.39, 0.29) is 5.91 Å². The minimum atomic E-state index is -1.48. The fraction of sp³-hybridized carbons (Fsp3) is 0.462. The molecule has 1 amide bonds. The third-order valence-corrected chi connectivity index (χ3v) is 4.97. The van der Waals surface area contributed by atoms with Crippen molar-refractivity contribution in [3.63, 3.8) is 0 Å². The van der Waals surface area contributed by atoms with E-state index in [1.54, 1.807) is 30.0 Å². The molecule has 0 heterocycles. The van der Waals surface area contributed by atoms with Crippen molar-refractivity contribution < 1.29 is 9.00 Å². The molecule has 2 N–H and O–H groups in total. The Balaban J connectivity index is 2.96. The van der Waals surface area contributed by atoms with Crippen LogP contribution in [0.25, 0.3) is 0 Å². The largest absolute Gasteiger partial charge is 0.399 e. The van der Waals surface area contributed by atoms with Gasteiger partial charge in [0.2, 0.25) is 5.91 Å². The van der Waals surface area contributed by atoms with Gasteiger partial charge in [-0.1, -0.05) is 11.6 Å². The first kappa shape index (κ1) is 16.0. The maximum absolute atomic E-state index is 12.4. The summed E-state index contributed by atoms with van der Waals surface area (Å²) < 4.78 is 12.4. The Morgan fingerprint density at radius 3 is 2.47 bits per heavy atom. The van der Waals surface area contributed by atoms with Crippen molar-refractivity contribution in [2.24, 2.45) is 0 Å². The average molecular weight is 303 g/mol. The molecule has 0 aliphatic rings. The molecule has 0 radical (unpaired) electrons. The summed E-state index contributed by atoms with van der Waals surface area (Å²) in [4.78, 5) is 14.3. The maximum atomic E-state index is 12.4. The van der Waals surface area contributed by atoms with Crippen LogP contribution in [0.3, 0.4) is 0 Å². The van der Waals surface area contributed by atoms with Gasteiger partial charge in [-0.2, -0.15) is 0 Å². The first-order chi connectivity index (χ1) is 8.92. The minimum Gasteiger partial charge on any atom is -0.399 e. The molecule has 1 aromatic carbocycles. The van der Waals surface area contributed by atoms with Crippen molar-refractivity contribution in [1.29, 1.82) is 0 Å². The number of hydrogen-bond donors (Lipinski definition) is 1. The number of anilines is 1. The van der Waals surface area contributed by atoms with E-state index in [4.69, 9.17) is 17.3 Å². The molecule has 19 heavy (non-hydrogen) atoms. The second kappa shape index (κ2) is 6.91. The van der Waals surface area contributed by atoms with Gasteiger partial charge < -0.3 is 10.6 Å². The number of hydrogen-bond acceptors (Lipinski definition) is 3. The molecule has 0 saturated carbocycles. The highest BCUT2D eigenvalue weighted by Gasteiger charge is 2.26. The molecule has 2 atom stereocenters. The van der Waals surface area contributed by atoms with Crippen LogP contribution in [0, 0.1) is 0 Å². The molecule has 106 valence electrons. The zero-order valence-electron chi connectivity index (χ0n) is 11.4. The highest BCUT2D eigenvalue weighted by molar-refractivity contribution is 7.86. The van der Waals surface area contributed by atoms with Crippen LogP contribution in [0.2, 0.25) is 5.02 Å². The number of carbonyl (C=O) groups excluding carboxylic acids is 1. The summed E-state index contributed by atoms with van der Waals surface area (Å²) in [5.41, 5.74) is 6.10. The predicted octanol–water partition coefficient (Wildman–Crippen LogP) is 2.29. The van der Waals surface area contributed by atoms with Crippen LogP contribution in [0.15, 0.2) is 23.1 Å². The van der Waals surface area contributed by atoms with Gasteiger partial charge in [-0.3, -0.25) is 9.00 Å². The van der Waals surface area contributed by atoms with Crippen LogP contribution in [0.4, 0.5) is 5.69 Å². The number of nitrogens with two attached hydrogens (primary N) is 1. The van der Waals surface area contributed by atoms with E-state index in [2.05, 4.69) is 0 Å². The molecule has 0 aromatic heterocycles. The lowest BCUT2D eigenvalue weighted by Crippen LogP contribution is -2.39. The Labute approximate surface area is 121 Å². The van der Waals surface area contributed by atoms with Crippen LogP contribution < -0.4 is 5.73 Å². The Hall–Kier alpha value is -1.07. The maximum Gasteiger partial charge on any atom is 0.238 e. The van der Waals surface area contributed by atoms with E-state index in [1.807, 2.05) is 13.8 Å². The molecule has 0 aliphatic carbocycles. The van der Waals surface area contributed by atoms with E-state index in [0.29, 0.717) is 28.7 Å². The first-order valence-corrected chi connectivity index (χ1v) is 7.75. The molecule has 0 saturated heterocycles. The van der Waals surface area contributed by atoms with Crippen molar-refractivity contribution in [3.05, 3.63) is 23.2 Å². The second-order valence-electron chi connectivity index (χ2n) is 4.14. The Morgan fingerprint density at radius 1 is 1.42 bits per heavy atom. The Bertz CT molecular complexity index is 490. The lowest BCUT2D eigenvalue weighted by Gasteiger charge is -2.22. The molecule has 0 spiro atoms. The van der Waals surface area contributed by atoms with E-state index in [1.165, 1.54) is 0 Å². The van der Waals surface area contributed by atoms with Crippen LogP contribution >= 0.6 is 11.6 Å². The summed E-state index contributed by atoms with van der Waals surface area (Å²) in [6.07, 6.45) is 0. The van der Waals surface area contributed by atoms with Gasteiger partial charge in [0, 0.05) is 18.8 Å². The number of amides is 1. The van der Waals surface area contributed by atoms with E-state index in [0.717, 1.165) is 0 Å². The van der Waals surface area contributed by atoms with Gasteiger partial charge in [-0.25, -0.2) is 0 Å². The number of rotatable bonds is 5. The van der Waals surface area contributed by atoms with Gasteiger partial charge in [-0.05, 0) is 39.0 Å². The number of benzene rings is 1. The van der Waals surface area contributed by atoms with Gasteiger partial charge in [0.25, 0.3) is 0 Å². The van der Waals surface area contributed by atoms with Crippen LogP contribution in [0.1, 0.15) is 20.8 Å².